The quantitative estimate of drug-likeness (QED) is 0.519. The summed E-state index contributed by atoms with van der Waals surface area (Å²) in [6.07, 6.45) is 7.10. The molecule has 0 aromatic rings. The van der Waals surface area contributed by atoms with Crippen LogP contribution in [-0.4, -0.2) is 24.2 Å². The Morgan fingerprint density at radius 2 is 2.23 bits per heavy atom. The van der Waals surface area contributed by atoms with E-state index in [1.807, 2.05) is 19.1 Å². The summed E-state index contributed by atoms with van der Waals surface area (Å²) in [5.74, 6) is 0. The number of thiocarbonyl (C=S) groups is 1. The van der Waals surface area contributed by atoms with Gasteiger partial charge in [0.15, 0.2) is 5.11 Å². The molecule has 74 valence electrons. The SMILES string of the molecule is CN(C)NC(=S)NC1=CCCCC1. The minimum atomic E-state index is 0.679. The van der Waals surface area contributed by atoms with Gasteiger partial charge in [-0.15, -0.1) is 0 Å². The van der Waals surface area contributed by atoms with Crippen LogP contribution in [0, 0.1) is 0 Å². The summed E-state index contributed by atoms with van der Waals surface area (Å²) in [5.41, 5.74) is 4.26. The van der Waals surface area contributed by atoms with Crippen LogP contribution >= 0.6 is 12.2 Å². The average molecular weight is 199 g/mol. The van der Waals surface area contributed by atoms with E-state index in [9.17, 15) is 0 Å². The first kappa shape index (κ1) is 10.5. The molecule has 1 rings (SSSR count). The van der Waals surface area contributed by atoms with Gasteiger partial charge < -0.3 is 5.32 Å². The summed E-state index contributed by atoms with van der Waals surface area (Å²) in [6.45, 7) is 0. The molecule has 0 aliphatic heterocycles. The Labute approximate surface area is 85.2 Å². The fourth-order valence-electron chi connectivity index (χ4n) is 1.33. The summed E-state index contributed by atoms with van der Waals surface area (Å²) in [5, 5.41) is 5.70. The zero-order valence-corrected chi connectivity index (χ0v) is 9.08. The summed E-state index contributed by atoms with van der Waals surface area (Å²) in [4.78, 5) is 0. The van der Waals surface area contributed by atoms with E-state index in [-0.39, 0.29) is 0 Å². The largest absolute Gasteiger partial charge is 0.336 e. The predicted molar refractivity (Wildman–Crippen MR) is 59.1 cm³/mol. The molecule has 0 amide bonds. The lowest BCUT2D eigenvalue weighted by molar-refractivity contribution is 0.360. The number of allylic oxidation sites excluding steroid dienone is 2. The first-order valence-corrected chi connectivity index (χ1v) is 5.03. The fourth-order valence-corrected chi connectivity index (χ4v) is 1.64. The number of hydrogen-bond donors (Lipinski definition) is 2. The maximum Gasteiger partial charge on any atom is 0.185 e. The Morgan fingerprint density at radius 3 is 2.77 bits per heavy atom. The van der Waals surface area contributed by atoms with E-state index in [0.29, 0.717) is 5.11 Å². The molecule has 4 heteroatoms. The second-order valence-corrected chi connectivity index (χ2v) is 3.84. The lowest BCUT2D eigenvalue weighted by Crippen LogP contribution is -2.42. The molecule has 0 radical (unpaired) electrons. The van der Waals surface area contributed by atoms with Crippen LogP contribution in [0.4, 0.5) is 0 Å². The molecule has 2 N–H and O–H groups in total. The third-order valence-corrected chi connectivity index (χ3v) is 2.08. The molecule has 0 saturated heterocycles. The van der Waals surface area contributed by atoms with E-state index in [4.69, 9.17) is 12.2 Å². The van der Waals surface area contributed by atoms with Crippen molar-refractivity contribution in [2.24, 2.45) is 0 Å². The number of hydrazine groups is 1. The van der Waals surface area contributed by atoms with E-state index in [0.717, 1.165) is 6.42 Å². The van der Waals surface area contributed by atoms with Crippen LogP contribution in [0.5, 0.6) is 0 Å². The number of hydrogen-bond acceptors (Lipinski definition) is 2. The number of nitrogens with one attached hydrogen (secondary N) is 2. The van der Waals surface area contributed by atoms with Crippen molar-refractivity contribution in [1.82, 2.24) is 15.8 Å². The van der Waals surface area contributed by atoms with Crippen molar-refractivity contribution in [2.45, 2.75) is 25.7 Å². The highest BCUT2D eigenvalue weighted by atomic mass is 32.1. The second-order valence-electron chi connectivity index (χ2n) is 3.44. The molecule has 0 spiro atoms. The normalized spacial score (nSPS) is 16.7. The van der Waals surface area contributed by atoms with Crippen LogP contribution in [-0.2, 0) is 0 Å². The van der Waals surface area contributed by atoms with Crippen LogP contribution < -0.4 is 10.7 Å². The van der Waals surface area contributed by atoms with Crippen molar-refractivity contribution in [3.05, 3.63) is 11.8 Å². The monoisotopic (exact) mass is 199 g/mol. The van der Waals surface area contributed by atoms with Gasteiger partial charge in [0.2, 0.25) is 0 Å². The molecule has 0 saturated carbocycles. The third kappa shape index (κ3) is 4.24. The molecule has 0 aromatic heterocycles. The lowest BCUT2D eigenvalue weighted by Gasteiger charge is -2.19. The van der Waals surface area contributed by atoms with Crippen molar-refractivity contribution in [2.75, 3.05) is 14.1 Å². The zero-order valence-electron chi connectivity index (χ0n) is 8.26. The molecule has 13 heavy (non-hydrogen) atoms. The average Bonchev–Trinajstić information content (AvgIpc) is 2.04. The highest BCUT2D eigenvalue weighted by molar-refractivity contribution is 7.80. The van der Waals surface area contributed by atoms with Gasteiger partial charge in [0.05, 0.1) is 0 Å². The Bertz CT molecular complexity index is 211. The molecule has 0 aromatic carbocycles. The highest BCUT2D eigenvalue weighted by Gasteiger charge is 2.04. The van der Waals surface area contributed by atoms with E-state index < -0.39 is 0 Å². The maximum absolute atomic E-state index is 5.11. The molecule has 0 atom stereocenters. The first-order chi connectivity index (χ1) is 6.18. The molecule has 0 heterocycles. The van der Waals surface area contributed by atoms with Crippen LogP contribution in [0.15, 0.2) is 11.8 Å². The van der Waals surface area contributed by atoms with Crippen molar-refractivity contribution >= 4 is 17.3 Å². The Hall–Kier alpha value is -0.610. The van der Waals surface area contributed by atoms with Crippen LogP contribution in [0.25, 0.3) is 0 Å². The summed E-state index contributed by atoms with van der Waals surface area (Å²) >= 11 is 5.11. The number of rotatable bonds is 2. The van der Waals surface area contributed by atoms with E-state index in [1.54, 1.807) is 0 Å². The van der Waals surface area contributed by atoms with E-state index in [2.05, 4.69) is 16.8 Å². The van der Waals surface area contributed by atoms with Gasteiger partial charge in [0.25, 0.3) is 0 Å². The van der Waals surface area contributed by atoms with Gasteiger partial charge in [-0.2, -0.15) is 0 Å². The lowest BCUT2D eigenvalue weighted by atomic mass is 10.1. The molecular weight excluding hydrogens is 182 g/mol. The zero-order chi connectivity index (χ0) is 9.68. The first-order valence-electron chi connectivity index (χ1n) is 4.62. The fraction of sp³-hybridized carbons (Fsp3) is 0.667. The third-order valence-electron chi connectivity index (χ3n) is 1.89. The highest BCUT2D eigenvalue weighted by Crippen LogP contribution is 2.14. The second kappa shape index (κ2) is 5.19. The van der Waals surface area contributed by atoms with E-state index in [1.165, 1.54) is 25.0 Å². The van der Waals surface area contributed by atoms with Crippen molar-refractivity contribution in [1.29, 1.82) is 0 Å². The topological polar surface area (TPSA) is 27.3 Å². The van der Waals surface area contributed by atoms with Gasteiger partial charge in [-0.05, 0) is 37.9 Å². The minimum Gasteiger partial charge on any atom is -0.336 e. The van der Waals surface area contributed by atoms with Gasteiger partial charge in [0.1, 0.15) is 0 Å². The molecule has 0 unspecified atom stereocenters. The molecule has 1 aliphatic rings. The van der Waals surface area contributed by atoms with Gasteiger partial charge in [-0.1, -0.05) is 6.08 Å². The standard InChI is InChI=1S/C9H17N3S/c1-12(2)11-9(13)10-8-6-4-3-5-7-8/h6H,3-5,7H2,1-2H3,(H2,10,11,13). The Kier molecular flexibility index (Phi) is 4.18. The van der Waals surface area contributed by atoms with Crippen molar-refractivity contribution in [3.63, 3.8) is 0 Å². The summed E-state index contributed by atoms with van der Waals surface area (Å²) < 4.78 is 0. The van der Waals surface area contributed by atoms with Crippen molar-refractivity contribution in [3.8, 4) is 0 Å². The van der Waals surface area contributed by atoms with Gasteiger partial charge >= 0.3 is 0 Å². The summed E-state index contributed by atoms with van der Waals surface area (Å²) in [7, 11) is 3.84. The van der Waals surface area contributed by atoms with Gasteiger partial charge in [-0.25, -0.2) is 5.01 Å². The van der Waals surface area contributed by atoms with Gasteiger partial charge in [0, 0.05) is 19.8 Å². The van der Waals surface area contributed by atoms with Crippen molar-refractivity contribution < 1.29 is 0 Å². The van der Waals surface area contributed by atoms with E-state index >= 15 is 0 Å². The molecule has 0 fully saturated rings. The predicted octanol–water partition coefficient (Wildman–Crippen LogP) is 1.38. The molecule has 0 bridgehead atoms. The smallest absolute Gasteiger partial charge is 0.185 e. The van der Waals surface area contributed by atoms with Crippen LogP contribution in [0.3, 0.4) is 0 Å². The van der Waals surface area contributed by atoms with Gasteiger partial charge in [-0.3, -0.25) is 5.43 Å². The summed E-state index contributed by atoms with van der Waals surface area (Å²) in [6, 6.07) is 0. The Balaban J connectivity index is 2.30. The minimum absolute atomic E-state index is 0.679. The number of nitrogens with zero attached hydrogens (tertiary/aromatic N) is 1. The maximum atomic E-state index is 5.11. The molecule has 3 nitrogen and oxygen atoms in total. The van der Waals surface area contributed by atoms with Crippen LogP contribution in [0.2, 0.25) is 0 Å². The molecule has 1 aliphatic carbocycles. The Morgan fingerprint density at radius 1 is 1.46 bits per heavy atom. The molecular formula is C9H17N3S. The van der Waals surface area contributed by atoms with Crippen LogP contribution in [0.1, 0.15) is 25.7 Å².